The number of carbonyl (C=O) groups excluding carboxylic acids is 1. The maximum absolute atomic E-state index is 12.0. The van der Waals surface area contributed by atoms with E-state index in [0.717, 1.165) is 25.1 Å². The van der Waals surface area contributed by atoms with Gasteiger partial charge < -0.3 is 14.4 Å². The highest BCUT2D eigenvalue weighted by atomic mass is 16.3. The van der Waals surface area contributed by atoms with E-state index in [1.54, 1.807) is 6.26 Å². The molecule has 1 aliphatic heterocycles. The van der Waals surface area contributed by atoms with Crippen LogP contribution in [0.25, 0.3) is 0 Å². The van der Waals surface area contributed by atoms with Gasteiger partial charge in [0.05, 0.1) is 6.26 Å². The minimum Gasteiger partial charge on any atom is -0.469 e. The molecule has 1 atom stereocenters. The number of rotatable bonds is 4. The zero-order chi connectivity index (χ0) is 12.1. The zero-order valence-corrected chi connectivity index (χ0v) is 9.97. The minimum atomic E-state index is 0.166. The Morgan fingerprint density at radius 1 is 1.59 bits per heavy atom. The van der Waals surface area contributed by atoms with Crippen molar-refractivity contribution in [1.82, 2.24) is 4.90 Å². The Hall–Kier alpha value is -1.29. The number of carbonyl (C=O) groups is 1. The molecule has 17 heavy (non-hydrogen) atoms. The van der Waals surface area contributed by atoms with Crippen LogP contribution in [0.1, 0.15) is 25.0 Å². The number of aryl methyl sites for hydroxylation is 1. The van der Waals surface area contributed by atoms with Gasteiger partial charge in [0.2, 0.25) is 5.91 Å². The summed E-state index contributed by atoms with van der Waals surface area (Å²) in [5.74, 6) is 1.28. The number of furan rings is 1. The van der Waals surface area contributed by atoms with Gasteiger partial charge in [-0.05, 0) is 30.9 Å². The number of aliphatic hydroxyl groups is 1. The molecular weight excluding hydrogens is 218 g/mol. The Balaban J connectivity index is 1.79. The van der Waals surface area contributed by atoms with Gasteiger partial charge in [-0.3, -0.25) is 4.79 Å². The molecule has 4 heteroatoms. The molecule has 1 aromatic heterocycles. The smallest absolute Gasteiger partial charge is 0.223 e. The van der Waals surface area contributed by atoms with Crippen LogP contribution in [0.2, 0.25) is 0 Å². The number of likely N-dealkylation sites (tertiary alicyclic amines) is 1. The van der Waals surface area contributed by atoms with Gasteiger partial charge in [0.1, 0.15) is 5.76 Å². The predicted octanol–water partition coefficient (Wildman–Crippen LogP) is 1.44. The van der Waals surface area contributed by atoms with E-state index < -0.39 is 0 Å². The van der Waals surface area contributed by atoms with Crippen molar-refractivity contribution in [2.45, 2.75) is 25.7 Å². The molecule has 0 spiro atoms. The van der Waals surface area contributed by atoms with Crippen molar-refractivity contribution in [3.8, 4) is 0 Å². The summed E-state index contributed by atoms with van der Waals surface area (Å²) in [6.45, 7) is 1.71. The Morgan fingerprint density at radius 2 is 2.47 bits per heavy atom. The molecule has 1 saturated heterocycles. The standard InChI is InChI=1S/C13H19NO3/c15-10-11-3-1-7-14(9-11)13(16)6-5-12-4-2-8-17-12/h2,4,8,11,15H,1,3,5-7,9-10H2. The molecule has 0 radical (unpaired) electrons. The van der Waals surface area contributed by atoms with E-state index in [1.165, 1.54) is 0 Å². The van der Waals surface area contributed by atoms with Crippen LogP contribution in [0.4, 0.5) is 0 Å². The number of nitrogens with zero attached hydrogens (tertiary/aromatic N) is 1. The number of aliphatic hydroxyl groups excluding tert-OH is 1. The first-order valence-corrected chi connectivity index (χ1v) is 6.20. The van der Waals surface area contributed by atoms with Crippen LogP contribution < -0.4 is 0 Å². The number of amides is 1. The molecule has 0 saturated carbocycles. The van der Waals surface area contributed by atoms with Crippen molar-refractivity contribution in [2.75, 3.05) is 19.7 Å². The Morgan fingerprint density at radius 3 is 3.18 bits per heavy atom. The van der Waals surface area contributed by atoms with E-state index in [0.29, 0.717) is 19.4 Å². The molecule has 1 aromatic rings. The SMILES string of the molecule is O=C(CCc1ccco1)N1CCCC(CO)C1. The van der Waals surface area contributed by atoms with E-state index in [4.69, 9.17) is 9.52 Å². The second-order valence-corrected chi connectivity index (χ2v) is 4.61. The minimum absolute atomic E-state index is 0.166. The van der Waals surface area contributed by atoms with Crippen LogP contribution in [0.3, 0.4) is 0 Å². The van der Waals surface area contributed by atoms with Gasteiger partial charge >= 0.3 is 0 Å². The highest BCUT2D eigenvalue weighted by molar-refractivity contribution is 5.76. The van der Waals surface area contributed by atoms with E-state index in [1.807, 2.05) is 17.0 Å². The first-order valence-electron chi connectivity index (χ1n) is 6.20. The third-order valence-electron chi connectivity index (χ3n) is 3.30. The molecule has 1 amide bonds. The summed E-state index contributed by atoms with van der Waals surface area (Å²) in [6, 6.07) is 3.72. The summed E-state index contributed by atoms with van der Waals surface area (Å²) >= 11 is 0. The van der Waals surface area contributed by atoms with Crippen LogP contribution in [0.5, 0.6) is 0 Å². The number of hydrogen-bond acceptors (Lipinski definition) is 3. The maximum Gasteiger partial charge on any atom is 0.223 e. The lowest BCUT2D eigenvalue weighted by Gasteiger charge is -2.31. The monoisotopic (exact) mass is 237 g/mol. The summed E-state index contributed by atoms with van der Waals surface area (Å²) in [7, 11) is 0. The maximum atomic E-state index is 12.0. The average molecular weight is 237 g/mol. The molecule has 0 aliphatic carbocycles. The third kappa shape index (κ3) is 3.33. The van der Waals surface area contributed by atoms with Crippen LogP contribution in [-0.4, -0.2) is 35.6 Å². The number of hydrogen-bond donors (Lipinski definition) is 1. The van der Waals surface area contributed by atoms with Gasteiger partial charge in [0, 0.05) is 32.5 Å². The Kier molecular flexibility index (Phi) is 4.20. The van der Waals surface area contributed by atoms with Crippen molar-refractivity contribution in [3.05, 3.63) is 24.2 Å². The lowest BCUT2D eigenvalue weighted by atomic mass is 9.98. The molecule has 1 fully saturated rings. The van der Waals surface area contributed by atoms with E-state index in [2.05, 4.69) is 0 Å². The van der Waals surface area contributed by atoms with Gasteiger partial charge in [0.25, 0.3) is 0 Å². The van der Waals surface area contributed by atoms with Crippen LogP contribution in [-0.2, 0) is 11.2 Å². The highest BCUT2D eigenvalue weighted by Crippen LogP contribution is 2.17. The largest absolute Gasteiger partial charge is 0.469 e. The fourth-order valence-electron chi connectivity index (χ4n) is 2.28. The van der Waals surface area contributed by atoms with Crippen molar-refractivity contribution >= 4 is 5.91 Å². The second-order valence-electron chi connectivity index (χ2n) is 4.61. The molecule has 94 valence electrons. The van der Waals surface area contributed by atoms with Gasteiger partial charge in [-0.2, -0.15) is 0 Å². The highest BCUT2D eigenvalue weighted by Gasteiger charge is 2.22. The van der Waals surface area contributed by atoms with Gasteiger partial charge in [-0.1, -0.05) is 0 Å². The van der Waals surface area contributed by atoms with Crippen LogP contribution in [0, 0.1) is 5.92 Å². The van der Waals surface area contributed by atoms with Crippen molar-refractivity contribution in [3.63, 3.8) is 0 Å². The summed E-state index contributed by atoms with van der Waals surface area (Å²) < 4.78 is 5.20. The van der Waals surface area contributed by atoms with Crippen molar-refractivity contribution in [2.24, 2.45) is 5.92 Å². The van der Waals surface area contributed by atoms with Gasteiger partial charge in [-0.15, -0.1) is 0 Å². The molecular formula is C13H19NO3. The topological polar surface area (TPSA) is 53.7 Å². The normalized spacial score (nSPS) is 20.5. The van der Waals surface area contributed by atoms with Crippen molar-refractivity contribution in [1.29, 1.82) is 0 Å². The zero-order valence-electron chi connectivity index (χ0n) is 9.97. The molecule has 1 aliphatic rings. The molecule has 1 N–H and O–H groups in total. The van der Waals surface area contributed by atoms with E-state index in [9.17, 15) is 4.79 Å². The quantitative estimate of drug-likeness (QED) is 0.862. The summed E-state index contributed by atoms with van der Waals surface area (Å²) in [5, 5.41) is 9.12. The number of piperidine rings is 1. The molecule has 2 rings (SSSR count). The molecule has 2 heterocycles. The van der Waals surface area contributed by atoms with Gasteiger partial charge in [-0.25, -0.2) is 0 Å². The average Bonchev–Trinajstić information content (AvgIpc) is 2.89. The lowest BCUT2D eigenvalue weighted by molar-refractivity contribution is -0.133. The Labute approximate surface area is 101 Å². The van der Waals surface area contributed by atoms with Gasteiger partial charge in [0.15, 0.2) is 0 Å². The van der Waals surface area contributed by atoms with Crippen LogP contribution in [0.15, 0.2) is 22.8 Å². The first-order chi connectivity index (χ1) is 8.29. The van der Waals surface area contributed by atoms with Crippen LogP contribution >= 0.6 is 0 Å². The van der Waals surface area contributed by atoms with E-state index in [-0.39, 0.29) is 18.4 Å². The summed E-state index contributed by atoms with van der Waals surface area (Å²) in [5.41, 5.74) is 0. The Bertz CT molecular complexity index is 348. The summed E-state index contributed by atoms with van der Waals surface area (Å²) in [6.07, 6.45) is 4.80. The fraction of sp³-hybridized carbons (Fsp3) is 0.615. The molecule has 1 unspecified atom stereocenters. The third-order valence-corrected chi connectivity index (χ3v) is 3.30. The van der Waals surface area contributed by atoms with Crippen molar-refractivity contribution < 1.29 is 14.3 Å². The fourth-order valence-corrected chi connectivity index (χ4v) is 2.28. The summed E-state index contributed by atoms with van der Waals surface area (Å²) in [4.78, 5) is 13.8. The lowest BCUT2D eigenvalue weighted by Crippen LogP contribution is -2.41. The first kappa shape index (κ1) is 12.2. The second kappa shape index (κ2) is 5.87. The molecule has 0 bridgehead atoms. The van der Waals surface area contributed by atoms with E-state index >= 15 is 0 Å². The molecule has 0 aromatic carbocycles. The molecule has 4 nitrogen and oxygen atoms in total. The predicted molar refractivity (Wildman–Crippen MR) is 63.4 cm³/mol.